The smallest absolute Gasteiger partial charge is 0.331 e. The summed E-state index contributed by atoms with van der Waals surface area (Å²) in [5.74, 6) is -1.54. The minimum absolute atomic E-state index is 0.0638. The van der Waals surface area contributed by atoms with Crippen LogP contribution in [0.1, 0.15) is 5.56 Å². The second-order valence-corrected chi connectivity index (χ2v) is 6.92. The number of thioether (sulfide) groups is 1. The summed E-state index contributed by atoms with van der Waals surface area (Å²) in [6.07, 6.45) is 1.13. The minimum Gasteiger partial charge on any atom is -0.466 e. The molecule has 1 heterocycles. The van der Waals surface area contributed by atoms with Crippen molar-refractivity contribution in [3.8, 4) is 0 Å². The molecule has 0 spiro atoms. The molecular weight excluding hydrogens is 391 g/mol. The van der Waals surface area contributed by atoms with Crippen LogP contribution in [0.5, 0.6) is 0 Å². The third-order valence-corrected chi connectivity index (χ3v) is 4.95. The molecule has 0 N–H and O–H groups in total. The third-order valence-electron chi connectivity index (χ3n) is 3.65. The van der Waals surface area contributed by atoms with Crippen LogP contribution in [-0.2, 0) is 20.9 Å². The molecule has 1 aliphatic heterocycles. The van der Waals surface area contributed by atoms with E-state index in [1.54, 1.807) is 0 Å². The number of hydrogen-bond donors (Lipinski definition) is 0. The number of carbonyl (C=O) groups is 2. The highest BCUT2D eigenvalue weighted by Gasteiger charge is 2.34. The molecule has 138 valence electrons. The van der Waals surface area contributed by atoms with Crippen molar-refractivity contribution >= 4 is 46.1 Å². The van der Waals surface area contributed by atoms with E-state index in [-0.39, 0.29) is 22.4 Å². The first kappa shape index (κ1) is 19.1. The summed E-state index contributed by atoms with van der Waals surface area (Å²) < 4.78 is 18.0. The highest BCUT2D eigenvalue weighted by molar-refractivity contribution is 8.18. The molecule has 8 heteroatoms. The van der Waals surface area contributed by atoms with E-state index in [4.69, 9.17) is 11.6 Å². The molecule has 0 aliphatic carbocycles. The van der Waals surface area contributed by atoms with Gasteiger partial charge in [-0.15, -0.1) is 0 Å². The number of rotatable bonds is 4. The fraction of sp³-hybridized carbons (Fsp3) is 0.105. The van der Waals surface area contributed by atoms with Gasteiger partial charge in [-0.25, -0.2) is 14.2 Å². The Morgan fingerprint density at radius 3 is 2.70 bits per heavy atom. The van der Waals surface area contributed by atoms with Crippen molar-refractivity contribution in [1.82, 2.24) is 4.90 Å². The lowest BCUT2D eigenvalue weighted by Gasteiger charge is -2.15. The molecule has 2 aromatic rings. The number of esters is 1. The molecule has 0 saturated carbocycles. The zero-order valence-electron chi connectivity index (χ0n) is 14.2. The molecule has 0 aromatic heterocycles. The van der Waals surface area contributed by atoms with Crippen molar-refractivity contribution in [2.75, 3.05) is 7.11 Å². The highest BCUT2D eigenvalue weighted by atomic mass is 35.5. The summed E-state index contributed by atoms with van der Waals surface area (Å²) >= 11 is 6.85. The van der Waals surface area contributed by atoms with E-state index in [0.29, 0.717) is 10.9 Å². The van der Waals surface area contributed by atoms with Gasteiger partial charge in [-0.05, 0) is 35.5 Å². The lowest BCUT2D eigenvalue weighted by atomic mass is 10.2. The van der Waals surface area contributed by atoms with Gasteiger partial charge in [0.25, 0.3) is 5.91 Å². The van der Waals surface area contributed by atoms with Gasteiger partial charge in [0.05, 0.1) is 29.3 Å². The number of benzene rings is 2. The molecule has 0 atom stereocenters. The van der Waals surface area contributed by atoms with Crippen molar-refractivity contribution in [2.45, 2.75) is 6.54 Å². The van der Waals surface area contributed by atoms with Crippen LogP contribution in [0.25, 0.3) is 0 Å². The molecular formula is C19H14ClFN2O3S. The quantitative estimate of drug-likeness (QED) is 0.563. The van der Waals surface area contributed by atoms with Crippen LogP contribution in [-0.4, -0.2) is 29.1 Å². The molecule has 1 amide bonds. The average Bonchev–Trinajstić information content (AvgIpc) is 2.94. The summed E-state index contributed by atoms with van der Waals surface area (Å²) in [5, 5.41) is 0.299. The van der Waals surface area contributed by atoms with E-state index in [0.717, 1.165) is 23.4 Å². The second kappa shape index (κ2) is 8.37. The predicted octanol–water partition coefficient (Wildman–Crippen LogP) is 4.30. The Bertz CT molecular complexity index is 947. The first-order valence-corrected chi connectivity index (χ1v) is 9.04. The number of methoxy groups -OCH3 is 1. The standard InChI is InChI=1S/C19H14ClFN2O3S/c1-26-17(24)10-16-18(25)23(11-12-5-3-2-4-6-12)19(27-16)22-13-7-8-15(21)14(20)9-13/h2-10H,11H2,1H3/b16-10-,22-19?. The number of amides is 1. The van der Waals surface area contributed by atoms with Crippen LogP contribution < -0.4 is 0 Å². The van der Waals surface area contributed by atoms with Gasteiger partial charge in [-0.2, -0.15) is 0 Å². The molecule has 0 radical (unpaired) electrons. The van der Waals surface area contributed by atoms with Gasteiger partial charge < -0.3 is 4.74 Å². The van der Waals surface area contributed by atoms with Crippen molar-refractivity contribution in [3.63, 3.8) is 0 Å². The Labute approximate surface area is 164 Å². The normalized spacial score (nSPS) is 17.0. The van der Waals surface area contributed by atoms with Crippen molar-refractivity contribution in [2.24, 2.45) is 4.99 Å². The van der Waals surface area contributed by atoms with Crippen LogP contribution in [0.3, 0.4) is 0 Å². The van der Waals surface area contributed by atoms with Crippen LogP contribution in [0.2, 0.25) is 5.02 Å². The number of amidine groups is 1. The van der Waals surface area contributed by atoms with Crippen LogP contribution in [0.15, 0.2) is 64.5 Å². The van der Waals surface area contributed by atoms with Crippen molar-refractivity contribution < 1.29 is 18.7 Å². The molecule has 3 rings (SSSR count). The Morgan fingerprint density at radius 2 is 2.04 bits per heavy atom. The monoisotopic (exact) mass is 404 g/mol. The van der Waals surface area contributed by atoms with E-state index in [2.05, 4.69) is 9.73 Å². The summed E-state index contributed by atoms with van der Waals surface area (Å²) in [4.78, 5) is 30.4. The SMILES string of the molecule is COC(=O)/C=C1\SC(=Nc2ccc(F)c(Cl)c2)N(Cc2ccccc2)C1=O. The number of ether oxygens (including phenoxy) is 1. The van der Waals surface area contributed by atoms with Crippen LogP contribution >= 0.6 is 23.4 Å². The topological polar surface area (TPSA) is 59.0 Å². The van der Waals surface area contributed by atoms with Gasteiger partial charge >= 0.3 is 5.97 Å². The second-order valence-electron chi connectivity index (χ2n) is 5.50. The third kappa shape index (κ3) is 4.56. The number of nitrogens with zero attached hydrogens (tertiary/aromatic N) is 2. The predicted molar refractivity (Wildman–Crippen MR) is 103 cm³/mol. The largest absolute Gasteiger partial charge is 0.466 e. The Balaban J connectivity index is 1.97. The van der Waals surface area contributed by atoms with E-state index in [1.807, 2.05) is 30.3 Å². The number of hydrogen-bond acceptors (Lipinski definition) is 5. The van der Waals surface area contributed by atoms with E-state index in [1.165, 1.54) is 30.2 Å². The molecule has 2 aromatic carbocycles. The molecule has 1 aliphatic rings. The number of halogens is 2. The van der Waals surface area contributed by atoms with E-state index >= 15 is 0 Å². The summed E-state index contributed by atoms with van der Waals surface area (Å²) in [5.41, 5.74) is 1.30. The molecule has 0 bridgehead atoms. The molecule has 27 heavy (non-hydrogen) atoms. The summed E-state index contributed by atoms with van der Waals surface area (Å²) in [6.45, 7) is 0.277. The highest BCUT2D eigenvalue weighted by Crippen LogP contribution is 2.34. The van der Waals surface area contributed by atoms with Crippen LogP contribution in [0, 0.1) is 5.82 Å². The van der Waals surface area contributed by atoms with Gasteiger partial charge in [0.2, 0.25) is 0 Å². The molecule has 5 nitrogen and oxygen atoms in total. The minimum atomic E-state index is -0.628. The average molecular weight is 405 g/mol. The molecule has 1 saturated heterocycles. The van der Waals surface area contributed by atoms with E-state index < -0.39 is 11.8 Å². The summed E-state index contributed by atoms with van der Waals surface area (Å²) in [6, 6.07) is 13.4. The van der Waals surface area contributed by atoms with Gasteiger partial charge in [0.15, 0.2) is 5.17 Å². The fourth-order valence-corrected chi connectivity index (χ4v) is 3.46. The van der Waals surface area contributed by atoms with Gasteiger partial charge in [0, 0.05) is 6.08 Å². The lowest BCUT2D eigenvalue weighted by Crippen LogP contribution is -2.28. The Kier molecular flexibility index (Phi) is 5.93. The maximum Gasteiger partial charge on any atom is 0.331 e. The molecule has 0 unspecified atom stereocenters. The first-order valence-electron chi connectivity index (χ1n) is 7.85. The zero-order valence-corrected chi connectivity index (χ0v) is 15.8. The number of aliphatic imine (C=N–C) groups is 1. The van der Waals surface area contributed by atoms with Crippen LogP contribution in [0.4, 0.5) is 10.1 Å². The lowest BCUT2D eigenvalue weighted by molar-refractivity contribution is -0.135. The van der Waals surface area contributed by atoms with Gasteiger partial charge in [-0.1, -0.05) is 41.9 Å². The zero-order chi connectivity index (χ0) is 19.4. The van der Waals surface area contributed by atoms with E-state index in [9.17, 15) is 14.0 Å². The van der Waals surface area contributed by atoms with Gasteiger partial charge in [0.1, 0.15) is 5.82 Å². The molecule has 1 fully saturated rings. The maximum absolute atomic E-state index is 13.4. The van der Waals surface area contributed by atoms with Crippen molar-refractivity contribution in [3.05, 3.63) is 75.9 Å². The maximum atomic E-state index is 13.4. The number of carbonyl (C=O) groups excluding carboxylic acids is 2. The van der Waals surface area contributed by atoms with Gasteiger partial charge in [-0.3, -0.25) is 9.69 Å². The Morgan fingerprint density at radius 1 is 1.30 bits per heavy atom. The Hall–Kier alpha value is -2.64. The summed E-state index contributed by atoms with van der Waals surface area (Å²) in [7, 11) is 1.24. The van der Waals surface area contributed by atoms with Crippen molar-refractivity contribution in [1.29, 1.82) is 0 Å². The fourth-order valence-electron chi connectivity index (χ4n) is 2.33. The first-order chi connectivity index (χ1) is 13.0.